The summed E-state index contributed by atoms with van der Waals surface area (Å²) in [6.45, 7) is 4.09. The second-order valence-corrected chi connectivity index (χ2v) is 7.52. The molecule has 0 saturated carbocycles. The van der Waals surface area contributed by atoms with Gasteiger partial charge in [-0.25, -0.2) is 10.2 Å². The molecular weight excluding hydrogens is 414 g/mol. The highest BCUT2D eigenvalue weighted by atomic mass is 16.5. The molecule has 164 valence electrons. The highest BCUT2D eigenvalue weighted by Crippen LogP contribution is 2.17. The molecule has 0 radical (unpaired) electrons. The van der Waals surface area contributed by atoms with E-state index >= 15 is 0 Å². The first kappa shape index (κ1) is 21.8. The Morgan fingerprint density at radius 3 is 2.06 bits per heavy atom. The normalized spacial score (nSPS) is 10.8. The van der Waals surface area contributed by atoms with Crippen molar-refractivity contribution in [3.05, 3.63) is 119 Å². The van der Waals surface area contributed by atoms with E-state index in [1.165, 1.54) is 6.21 Å². The van der Waals surface area contributed by atoms with Crippen LogP contribution < -0.4 is 10.2 Å². The van der Waals surface area contributed by atoms with E-state index in [4.69, 9.17) is 4.74 Å². The SMILES string of the molecule is Cc1ccc(C)n1-c1ccc(C(=O)N/N=C\c2ccc(OC(=O)c3ccccc3)cc2)cc1. The van der Waals surface area contributed by atoms with Crippen molar-refractivity contribution in [2.45, 2.75) is 13.8 Å². The molecule has 33 heavy (non-hydrogen) atoms. The second-order valence-electron chi connectivity index (χ2n) is 7.52. The summed E-state index contributed by atoms with van der Waals surface area (Å²) in [5, 5.41) is 4.02. The van der Waals surface area contributed by atoms with Crippen molar-refractivity contribution >= 4 is 18.1 Å². The molecular formula is C27H23N3O3. The number of nitrogens with zero attached hydrogens (tertiary/aromatic N) is 2. The van der Waals surface area contributed by atoms with Crippen LogP contribution in [0.3, 0.4) is 0 Å². The van der Waals surface area contributed by atoms with Crippen LogP contribution in [0, 0.1) is 13.8 Å². The van der Waals surface area contributed by atoms with Gasteiger partial charge in [0.25, 0.3) is 5.91 Å². The van der Waals surface area contributed by atoms with E-state index in [1.54, 1.807) is 60.7 Å². The number of benzene rings is 3. The third-order valence-electron chi connectivity index (χ3n) is 5.14. The summed E-state index contributed by atoms with van der Waals surface area (Å²) < 4.78 is 7.48. The number of carbonyl (C=O) groups is 2. The number of carbonyl (C=O) groups excluding carboxylic acids is 2. The second kappa shape index (κ2) is 9.78. The number of aryl methyl sites for hydroxylation is 2. The summed E-state index contributed by atoms with van der Waals surface area (Å²) in [4.78, 5) is 24.5. The van der Waals surface area contributed by atoms with Gasteiger partial charge in [-0.2, -0.15) is 5.10 Å². The van der Waals surface area contributed by atoms with Crippen LogP contribution in [-0.4, -0.2) is 22.7 Å². The van der Waals surface area contributed by atoms with Crippen LogP contribution in [0.25, 0.3) is 5.69 Å². The molecule has 4 rings (SSSR count). The Labute approximate surface area is 192 Å². The van der Waals surface area contributed by atoms with Crippen molar-refractivity contribution < 1.29 is 14.3 Å². The summed E-state index contributed by atoms with van der Waals surface area (Å²) in [7, 11) is 0. The molecule has 0 aliphatic carbocycles. The number of amides is 1. The van der Waals surface area contributed by atoms with Crippen molar-refractivity contribution in [2.24, 2.45) is 5.10 Å². The lowest BCUT2D eigenvalue weighted by atomic mass is 10.2. The van der Waals surface area contributed by atoms with E-state index in [1.807, 2.05) is 32.0 Å². The van der Waals surface area contributed by atoms with Crippen LogP contribution in [0.15, 0.2) is 96.1 Å². The first-order chi connectivity index (χ1) is 16.0. The standard InChI is InChI=1S/C27H23N3O3/c1-19-8-9-20(2)30(19)24-14-12-22(13-15-24)26(31)29-28-18-21-10-16-25(17-11-21)33-27(32)23-6-4-3-5-7-23/h3-18H,1-2H3,(H,29,31)/b28-18-. The van der Waals surface area contributed by atoms with Crippen LogP contribution in [-0.2, 0) is 0 Å². The average Bonchev–Trinajstić information content (AvgIpc) is 3.18. The first-order valence-corrected chi connectivity index (χ1v) is 10.5. The Morgan fingerprint density at radius 1 is 0.788 bits per heavy atom. The summed E-state index contributed by atoms with van der Waals surface area (Å²) in [6, 6.07) is 27.1. The van der Waals surface area contributed by atoms with E-state index in [0.29, 0.717) is 16.9 Å². The molecule has 0 atom stereocenters. The Kier molecular flexibility index (Phi) is 6.45. The molecule has 0 aliphatic heterocycles. The van der Waals surface area contributed by atoms with Gasteiger partial charge in [-0.3, -0.25) is 4.79 Å². The smallest absolute Gasteiger partial charge is 0.343 e. The summed E-state index contributed by atoms with van der Waals surface area (Å²) in [5.74, 6) is -0.289. The largest absolute Gasteiger partial charge is 0.423 e. The molecule has 1 heterocycles. The molecule has 4 aromatic rings. The number of nitrogens with one attached hydrogen (secondary N) is 1. The molecule has 0 spiro atoms. The fourth-order valence-electron chi connectivity index (χ4n) is 3.43. The number of esters is 1. The van der Waals surface area contributed by atoms with Gasteiger partial charge in [0.1, 0.15) is 5.75 Å². The minimum Gasteiger partial charge on any atom is -0.423 e. The highest BCUT2D eigenvalue weighted by Gasteiger charge is 2.08. The maximum absolute atomic E-state index is 12.4. The Balaban J connectivity index is 1.33. The van der Waals surface area contributed by atoms with Gasteiger partial charge < -0.3 is 9.30 Å². The molecule has 3 aromatic carbocycles. The number of aromatic nitrogens is 1. The lowest BCUT2D eigenvalue weighted by molar-refractivity contribution is 0.0734. The average molecular weight is 437 g/mol. The molecule has 6 heteroatoms. The Bertz CT molecular complexity index is 1270. The zero-order valence-corrected chi connectivity index (χ0v) is 18.4. The number of hydrazone groups is 1. The van der Waals surface area contributed by atoms with Gasteiger partial charge >= 0.3 is 5.97 Å². The van der Waals surface area contributed by atoms with E-state index in [-0.39, 0.29) is 5.91 Å². The molecule has 0 unspecified atom stereocenters. The van der Waals surface area contributed by atoms with Crippen molar-refractivity contribution in [2.75, 3.05) is 0 Å². The van der Waals surface area contributed by atoms with E-state index in [9.17, 15) is 9.59 Å². The molecule has 0 aliphatic rings. The van der Waals surface area contributed by atoms with Gasteiger partial charge in [-0.15, -0.1) is 0 Å². The van der Waals surface area contributed by atoms with Gasteiger partial charge in [0, 0.05) is 22.6 Å². The van der Waals surface area contributed by atoms with E-state index < -0.39 is 5.97 Å². The Morgan fingerprint density at radius 2 is 1.42 bits per heavy atom. The Hall–Kier alpha value is -4.45. The minimum atomic E-state index is -0.419. The van der Waals surface area contributed by atoms with Crippen LogP contribution in [0.2, 0.25) is 0 Å². The van der Waals surface area contributed by atoms with Crippen LogP contribution in [0.4, 0.5) is 0 Å². The molecule has 1 N–H and O–H groups in total. The zero-order chi connectivity index (χ0) is 23.2. The van der Waals surface area contributed by atoms with Crippen LogP contribution >= 0.6 is 0 Å². The molecule has 0 fully saturated rings. The van der Waals surface area contributed by atoms with Crippen molar-refractivity contribution in [1.82, 2.24) is 9.99 Å². The molecule has 1 amide bonds. The lowest BCUT2D eigenvalue weighted by Crippen LogP contribution is -2.17. The lowest BCUT2D eigenvalue weighted by Gasteiger charge is -2.10. The van der Waals surface area contributed by atoms with E-state index in [0.717, 1.165) is 22.6 Å². The van der Waals surface area contributed by atoms with E-state index in [2.05, 4.69) is 27.2 Å². The van der Waals surface area contributed by atoms with Crippen molar-refractivity contribution in [3.8, 4) is 11.4 Å². The zero-order valence-electron chi connectivity index (χ0n) is 18.4. The number of rotatable bonds is 6. The number of ether oxygens (including phenoxy) is 1. The predicted octanol–water partition coefficient (Wildman–Crippen LogP) is 5.08. The summed E-state index contributed by atoms with van der Waals surface area (Å²) in [6.07, 6.45) is 1.53. The fraction of sp³-hybridized carbons (Fsp3) is 0.0741. The number of hydrogen-bond acceptors (Lipinski definition) is 4. The molecule has 0 saturated heterocycles. The quantitative estimate of drug-likeness (QED) is 0.198. The first-order valence-electron chi connectivity index (χ1n) is 10.5. The highest BCUT2D eigenvalue weighted by molar-refractivity contribution is 5.95. The maximum atomic E-state index is 12.4. The third-order valence-corrected chi connectivity index (χ3v) is 5.14. The van der Waals surface area contributed by atoms with Gasteiger partial charge in [0.15, 0.2) is 0 Å². The fourth-order valence-corrected chi connectivity index (χ4v) is 3.43. The van der Waals surface area contributed by atoms with Gasteiger partial charge in [0.05, 0.1) is 11.8 Å². The molecule has 1 aromatic heterocycles. The molecule has 6 nitrogen and oxygen atoms in total. The maximum Gasteiger partial charge on any atom is 0.343 e. The van der Waals surface area contributed by atoms with Gasteiger partial charge in [-0.05, 0) is 92.2 Å². The topological polar surface area (TPSA) is 72.7 Å². The van der Waals surface area contributed by atoms with Crippen LogP contribution in [0.5, 0.6) is 5.75 Å². The third kappa shape index (κ3) is 5.25. The van der Waals surface area contributed by atoms with Gasteiger partial charge in [0.2, 0.25) is 0 Å². The van der Waals surface area contributed by atoms with Crippen molar-refractivity contribution in [1.29, 1.82) is 0 Å². The number of hydrogen-bond donors (Lipinski definition) is 1. The molecule has 0 bridgehead atoms. The van der Waals surface area contributed by atoms with Crippen LogP contribution in [0.1, 0.15) is 37.7 Å². The predicted molar refractivity (Wildman–Crippen MR) is 128 cm³/mol. The summed E-state index contributed by atoms with van der Waals surface area (Å²) >= 11 is 0. The monoisotopic (exact) mass is 437 g/mol. The van der Waals surface area contributed by atoms with Crippen molar-refractivity contribution in [3.63, 3.8) is 0 Å². The summed E-state index contributed by atoms with van der Waals surface area (Å²) in [5.41, 5.74) is 7.56. The minimum absolute atomic E-state index is 0.299. The van der Waals surface area contributed by atoms with Gasteiger partial charge in [-0.1, -0.05) is 18.2 Å².